The van der Waals surface area contributed by atoms with Crippen molar-refractivity contribution in [3.05, 3.63) is 35.6 Å². The summed E-state index contributed by atoms with van der Waals surface area (Å²) in [5.41, 5.74) is 1.08. The molecule has 0 amide bonds. The molecule has 1 N–H and O–H groups in total. The summed E-state index contributed by atoms with van der Waals surface area (Å²) in [6.45, 7) is 3.54. The van der Waals surface area contributed by atoms with Gasteiger partial charge in [0.1, 0.15) is 5.82 Å². The van der Waals surface area contributed by atoms with Crippen LogP contribution in [0.2, 0.25) is 0 Å². The van der Waals surface area contributed by atoms with Gasteiger partial charge in [0.25, 0.3) is 0 Å². The fourth-order valence-corrected chi connectivity index (χ4v) is 1.60. The van der Waals surface area contributed by atoms with Crippen LogP contribution in [-0.4, -0.2) is 19.3 Å². The van der Waals surface area contributed by atoms with E-state index < -0.39 is 0 Å². The van der Waals surface area contributed by atoms with Crippen molar-refractivity contribution < 1.29 is 9.13 Å². The Hall–Kier alpha value is -0.930. The monoisotopic (exact) mass is 195 g/mol. The maximum absolute atomic E-state index is 12.7. The van der Waals surface area contributed by atoms with Crippen LogP contribution < -0.4 is 5.32 Å². The molecule has 1 aromatic rings. The van der Waals surface area contributed by atoms with Crippen LogP contribution in [0.5, 0.6) is 0 Å². The first-order valence-electron chi connectivity index (χ1n) is 4.86. The van der Waals surface area contributed by atoms with Crippen LogP contribution in [0.15, 0.2) is 24.3 Å². The molecule has 1 aliphatic heterocycles. The van der Waals surface area contributed by atoms with E-state index in [2.05, 4.69) is 5.32 Å². The van der Waals surface area contributed by atoms with Gasteiger partial charge in [0.2, 0.25) is 0 Å². The number of hydrogen-bond donors (Lipinski definition) is 1. The first kappa shape index (κ1) is 9.62. The van der Waals surface area contributed by atoms with Crippen molar-refractivity contribution in [2.24, 2.45) is 0 Å². The van der Waals surface area contributed by atoms with Crippen LogP contribution >= 0.6 is 0 Å². The van der Waals surface area contributed by atoms with Gasteiger partial charge in [0.15, 0.2) is 0 Å². The molecular weight excluding hydrogens is 181 g/mol. The van der Waals surface area contributed by atoms with Gasteiger partial charge in [0.05, 0.1) is 18.8 Å². The molecule has 3 heteroatoms. The van der Waals surface area contributed by atoms with Crippen LogP contribution in [0.4, 0.5) is 4.39 Å². The highest BCUT2D eigenvalue weighted by Crippen LogP contribution is 2.17. The van der Waals surface area contributed by atoms with Crippen molar-refractivity contribution in [3.8, 4) is 0 Å². The topological polar surface area (TPSA) is 21.3 Å². The minimum absolute atomic E-state index is 0.196. The fourth-order valence-electron chi connectivity index (χ4n) is 1.60. The quantitative estimate of drug-likeness (QED) is 0.738. The summed E-state index contributed by atoms with van der Waals surface area (Å²) in [5.74, 6) is -0.196. The zero-order chi connectivity index (χ0) is 9.97. The average molecular weight is 195 g/mol. The van der Waals surface area contributed by atoms with E-state index in [1.54, 1.807) is 12.1 Å². The van der Waals surface area contributed by atoms with E-state index in [9.17, 15) is 4.39 Å². The lowest BCUT2D eigenvalue weighted by Gasteiger charge is -2.28. The lowest BCUT2D eigenvalue weighted by molar-refractivity contribution is 0.0149. The van der Waals surface area contributed by atoms with Gasteiger partial charge in [0, 0.05) is 6.54 Å². The van der Waals surface area contributed by atoms with Crippen molar-refractivity contribution in [3.63, 3.8) is 0 Å². The molecule has 0 bridgehead atoms. The highest BCUT2D eigenvalue weighted by atomic mass is 19.1. The molecule has 0 aromatic heterocycles. The molecule has 0 aliphatic carbocycles. The molecule has 1 fully saturated rings. The lowest BCUT2D eigenvalue weighted by atomic mass is 10.1. The van der Waals surface area contributed by atoms with E-state index in [1.165, 1.54) is 12.1 Å². The second-order valence-corrected chi connectivity index (χ2v) is 3.66. The largest absolute Gasteiger partial charge is 0.375 e. The molecule has 14 heavy (non-hydrogen) atoms. The molecule has 0 radical (unpaired) electrons. The number of nitrogens with one attached hydrogen (secondary N) is 1. The Bertz CT molecular complexity index is 291. The van der Waals surface area contributed by atoms with E-state index in [0.29, 0.717) is 6.61 Å². The predicted octanol–water partition coefficient (Wildman–Crippen LogP) is 1.88. The van der Waals surface area contributed by atoms with Crippen LogP contribution in [0, 0.1) is 5.82 Å². The normalized spacial score (nSPS) is 27.6. The predicted molar refractivity (Wildman–Crippen MR) is 52.6 cm³/mol. The Morgan fingerprint density at radius 1 is 1.36 bits per heavy atom. The second kappa shape index (κ2) is 4.07. The van der Waals surface area contributed by atoms with Gasteiger partial charge in [-0.1, -0.05) is 12.1 Å². The highest BCUT2D eigenvalue weighted by Gasteiger charge is 2.18. The van der Waals surface area contributed by atoms with Crippen LogP contribution in [0.25, 0.3) is 0 Å². The van der Waals surface area contributed by atoms with Gasteiger partial charge in [-0.25, -0.2) is 4.39 Å². The van der Waals surface area contributed by atoms with Crippen molar-refractivity contribution in [1.29, 1.82) is 0 Å². The van der Waals surface area contributed by atoms with Crippen LogP contribution in [0.3, 0.4) is 0 Å². The Kier molecular flexibility index (Phi) is 2.79. The Labute approximate surface area is 83.1 Å². The van der Waals surface area contributed by atoms with E-state index >= 15 is 0 Å². The van der Waals surface area contributed by atoms with Gasteiger partial charge in [-0.3, -0.25) is 0 Å². The number of ether oxygens (including phenoxy) is 1. The number of halogens is 1. The molecule has 1 heterocycles. The SMILES string of the molecule is C[C@H]1CN[C@H](c2ccc(F)cc2)CO1. The van der Waals surface area contributed by atoms with Gasteiger partial charge < -0.3 is 10.1 Å². The first-order chi connectivity index (χ1) is 6.75. The third-order valence-electron chi connectivity index (χ3n) is 2.47. The van der Waals surface area contributed by atoms with E-state index in [4.69, 9.17) is 4.74 Å². The van der Waals surface area contributed by atoms with Gasteiger partial charge in [-0.05, 0) is 24.6 Å². The van der Waals surface area contributed by atoms with Crippen LogP contribution in [0.1, 0.15) is 18.5 Å². The van der Waals surface area contributed by atoms with E-state index in [0.717, 1.165) is 12.1 Å². The van der Waals surface area contributed by atoms with Crippen molar-refractivity contribution >= 4 is 0 Å². The van der Waals surface area contributed by atoms with Crippen molar-refractivity contribution in [2.45, 2.75) is 19.1 Å². The van der Waals surface area contributed by atoms with Crippen molar-refractivity contribution in [1.82, 2.24) is 5.32 Å². The summed E-state index contributed by atoms with van der Waals surface area (Å²) in [5, 5.41) is 3.36. The lowest BCUT2D eigenvalue weighted by Crippen LogP contribution is -2.39. The zero-order valence-electron chi connectivity index (χ0n) is 8.16. The fraction of sp³-hybridized carbons (Fsp3) is 0.455. The summed E-state index contributed by atoms with van der Waals surface area (Å²) in [7, 11) is 0. The number of benzene rings is 1. The maximum Gasteiger partial charge on any atom is 0.123 e. The Morgan fingerprint density at radius 2 is 2.07 bits per heavy atom. The molecule has 1 aromatic carbocycles. The molecule has 1 aliphatic rings. The van der Waals surface area contributed by atoms with Gasteiger partial charge in [-0.15, -0.1) is 0 Å². The molecule has 2 atom stereocenters. The number of rotatable bonds is 1. The highest BCUT2D eigenvalue weighted by molar-refractivity contribution is 5.20. The first-order valence-corrected chi connectivity index (χ1v) is 4.86. The summed E-state index contributed by atoms with van der Waals surface area (Å²) < 4.78 is 18.2. The van der Waals surface area contributed by atoms with E-state index in [1.807, 2.05) is 6.92 Å². The average Bonchev–Trinajstić information content (AvgIpc) is 2.21. The Morgan fingerprint density at radius 3 is 2.64 bits per heavy atom. The van der Waals surface area contributed by atoms with Crippen LogP contribution in [-0.2, 0) is 4.74 Å². The van der Waals surface area contributed by atoms with E-state index in [-0.39, 0.29) is 18.0 Å². The maximum atomic E-state index is 12.7. The molecular formula is C11H14FNO. The van der Waals surface area contributed by atoms with Crippen molar-refractivity contribution in [2.75, 3.05) is 13.2 Å². The zero-order valence-corrected chi connectivity index (χ0v) is 8.16. The Balaban J connectivity index is 2.05. The third-order valence-corrected chi connectivity index (χ3v) is 2.47. The molecule has 1 saturated heterocycles. The minimum atomic E-state index is -0.196. The summed E-state index contributed by atoms with van der Waals surface area (Å²) in [6.07, 6.45) is 0.270. The smallest absolute Gasteiger partial charge is 0.123 e. The van der Waals surface area contributed by atoms with Gasteiger partial charge >= 0.3 is 0 Å². The molecule has 76 valence electrons. The molecule has 0 unspecified atom stereocenters. The molecule has 2 rings (SSSR count). The summed E-state index contributed by atoms with van der Waals surface area (Å²) in [4.78, 5) is 0. The number of morpholine rings is 1. The third kappa shape index (κ3) is 2.11. The minimum Gasteiger partial charge on any atom is -0.375 e. The molecule has 0 saturated carbocycles. The molecule has 0 spiro atoms. The number of hydrogen-bond acceptors (Lipinski definition) is 2. The summed E-state index contributed by atoms with van der Waals surface area (Å²) in [6, 6.07) is 6.76. The summed E-state index contributed by atoms with van der Waals surface area (Å²) >= 11 is 0. The molecule has 2 nitrogen and oxygen atoms in total. The van der Waals surface area contributed by atoms with Gasteiger partial charge in [-0.2, -0.15) is 0 Å². The second-order valence-electron chi connectivity index (χ2n) is 3.66. The standard InChI is InChI=1S/C11H14FNO/c1-8-6-13-11(7-14-8)9-2-4-10(12)5-3-9/h2-5,8,11,13H,6-7H2,1H3/t8-,11-/m0/s1.